The maximum atomic E-state index is 13.0. The normalized spacial score (nSPS) is 21.4. The van der Waals surface area contributed by atoms with Gasteiger partial charge in [-0.25, -0.2) is 9.37 Å². The average molecular weight is 400 g/mol. The quantitative estimate of drug-likeness (QED) is 0.772. The van der Waals surface area contributed by atoms with Crippen LogP contribution in [0.2, 0.25) is 0 Å². The molecule has 2 aromatic rings. The highest BCUT2D eigenvalue weighted by molar-refractivity contribution is 5.76. The smallest absolute Gasteiger partial charge is 0.223 e. The van der Waals surface area contributed by atoms with E-state index < -0.39 is 0 Å². The van der Waals surface area contributed by atoms with Crippen LogP contribution in [0.4, 0.5) is 4.39 Å². The number of amides is 1. The first-order chi connectivity index (χ1) is 14.1. The third kappa shape index (κ3) is 5.03. The summed E-state index contributed by atoms with van der Waals surface area (Å²) in [7, 11) is 2.19. The zero-order valence-electron chi connectivity index (χ0n) is 17.0. The number of hydrogen-bond donors (Lipinski definition) is 0. The Balaban J connectivity index is 1.24. The predicted molar refractivity (Wildman–Crippen MR) is 109 cm³/mol. The molecule has 4 rings (SSSR count). The number of oxazole rings is 1. The Morgan fingerprint density at radius 3 is 2.66 bits per heavy atom. The fourth-order valence-corrected chi connectivity index (χ4v) is 4.32. The SMILES string of the molecule is CN1CCCC(N2CCN(C(=O)CCc3ncc(-c4ccc(F)cc4)o3)CC2)C1. The van der Waals surface area contributed by atoms with E-state index in [0.29, 0.717) is 30.5 Å². The first-order valence-corrected chi connectivity index (χ1v) is 10.5. The van der Waals surface area contributed by atoms with Gasteiger partial charge in [-0.1, -0.05) is 0 Å². The summed E-state index contributed by atoms with van der Waals surface area (Å²) in [5, 5.41) is 0. The summed E-state index contributed by atoms with van der Waals surface area (Å²) in [6.07, 6.45) is 5.03. The summed E-state index contributed by atoms with van der Waals surface area (Å²) < 4.78 is 18.8. The van der Waals surface area contributed by atoms with Gasteiger partial charge in [-0.15, -0.1) is 0 Å². The molecule has 2 fully saturated rings. The Labute approximate surface area is 171 Å². The number of piperidine rings is 1. The van der Waals surface area contributed by atoms with Gasteiger partial charge in [-0.2, -0.15) is 0 Å². The van der Waals surface area contributed by atoms with Gasteiger partial charge in [0, 0.05) is 57.2 Å². The van der Waals surface area contributed by atoms with E-state index in [1.54, 1.807) is 18.3 Å². The summed E-state index contributed by atoms with van der Waals surface area (Å²) in [6, 6.07) is 6.74. The molecule has 29 heavy (non-hydrogen) atoms. The van der Waals surface area contributed by atoms with Crippen LogP contribution in [0, 0.1) is 5.82 Å². The maximum Gasteiger partial charge on any atom is 0.223 e. The molecule has 0 bridgehead atoms. The van der Waals surface area contributed by atoms with Gasteiger partial charge in [0.15, 0.2) is 11.7 Å². The standard InChI is InChI=1S/C22H29FN4O2/c1-25-10-2-3-19(16-25)26-11-13-27(14-12-26)22(28)9-8-21-24-15-20(29-21)17-4-6-18(23)7-5-17/h4-7,15,19H,2-3,8-14,16H2,1H3. The van der Waals surface area contributed by atoms with Crippen LogP contribution in [-0.4, -0.2) is 77.9 Å². The minimum Gasteiger partial charge on any atom is -0.441 e. The Hall–Kier alpha value is -2.25. The second kappa shape index (κ2) is 9.05. The molecule has 1 unspecified atom stereocenters. The molecule has 0 saturated carbocycles. The Kier molecular flexibility index (Phi) is 6.25. The van der Waals surface area contributed by atoms with Gasteiger partial charge in [0.25, 0.3) is 0 Å². The number of aromatic nitrogens is 1. The Morgan fingerprint density at radius 2 is 1.93 bits per heavy atom. The fraction of sp³-hybridized carbons (Fsp3) is 0.545. The number of halogens is 1. The lowest BCUT2D eigenvalue weighted by molar-refractivity contribution is -0.133. The molecule has 3 heterocycles. The number of piperazine rings is 1. The van der Waals surface area contributed by atoms with Crippen molar-refractivity contribution in [2.24, 2.45) is 0 Å². The second-order valence-electron chi connectivity index (χ2n) is 8.10. The van der Waals surface area contributed by atoms with Crippen molar-refractivity contribution in [3.05, 3.63) is 42.2 Å². The van der Waals surface area contributed by atoms with E-state index in [1.165, 1.54) is 31.5 Å². The van der Waals surface area contributed by atoms with E-state index in [0.717, 1.165) is 38.3 Å². The number of aryl methyl sites for hydroxylation is 1. The lowest BCUT2D eigenvalue weighted by Gasteiger charge is -2.42. The molecule has 0 radical (unpaired) electrons. The van der Waals surface area contributed by atoms with Crippen molar-refractivity contribution in [2.45, 2.75) is 31.7 Å². The van der Waals surface area contributed by atoms with E-state index in [2.05, 4.69) is 21.8 Å². The van der Waals surface area contributed by atoms with Crippen molar-refractivity contribution >= 4 is 5.91 Å². The Morgan fingerprint density at radius 1 is 1.17 bits per heavy atom. The fourth-order valence-electron chi connectivity index (χ4n) is 4.32. The number of hydrogen-bond acceptors (Lipinski definition) is 5. The van der Waals surface area contributed by atoms with Crippen molar-refractivity contribution < 1.29 is 13.6 Å². The lowest BCUT2D eigenvalue weighted by Crippen LogP contribution is -2.55. The van der Waals surface area contributed by atoms with Gasteiger partial charge >= 0.3 is 0 Å². The van der Waals surface area contributed by atoms with E-state index in [1.807, 2.05) is 4.90 Å². The van der Waals surface area contributed by atoms with Gasteiger partial charge in [0.1, 0.15) is 5.82 Å². The van der Waals surface area contributed by atoms with Gasteiger partial charge in [-0.05, 0) is 50.7 Å². The van der Waals surface area contributed by atoms with Gasteiger partial charge in [-0.3, -0.25) is 9.69 Å². The molecular weight excluding hydrogens is 371 g/mol. The van der Waals surface area contributed by atoms with Crippen molar-refractivity contribution in [1.29, 1.82) is 0 Å². The molecule has 2 aliphatic heterocycles. The van der Waals surface area contributed by atoms with E-state index in [-0.39, 0.29) is 11.7 Å². The van der Waals surface area contributed by atoms with Crippen LogP contribution in [0.15, 0.2) is 34.9 Å². The van der Waals surface area contributed by atoms with Crippen molar-refractivity contribution in [3.8, 4) is 11.3 Å². The molecular formula is C22H29FN4O2. The molecule has 1 aromatic heterocycles. The maximum absolute atomic E-state index is 13.0. The third-order valence-corrected chi connectivity index (χ3v) is 6.02. The monoisotopic (exact) mass is 400 g/mol. The molecule has 1 atom stereocenters. The molecule has 0 spiro atoms. The Bertz CT molecular complexity index is 814. The van der Waals surface area contributed by atoms with Crippen LogP contribution in [0.1, 0.15) is 25.2 Å². The van der Waals surface area contributed by atoms with Crippen LogP contribution in [0.25, 0.3) is 11.3 Å². The van der Waals surface area contributed by atoms with Gasteiger partial charge in [0.2, 0.25) is 5.91 Å². The van der Waals surface area contributed by atoms with Crippen molar-refractivity contribution in [3.63, 3.8) is 0 Å². The first-order valence-electron chi connectivity index (χ1n) is 10.5. The summed E-state index contributed by atoms with van der Waals surface area (Å²) in [5.74, 6) is 1.02. The zero-order chi connectivity index (χ0) is 20.2. The molecule has 1 amide bonds. The number of rotatable bonds is 5. The minimum atomic E-state index is -0.283. The molecule has 1 aromatic carbocycles. The molecule has 0 aliphatic carbocycles. The van der Waals surface area contributed by atoms with Crippen LogP contribution < -0.4 is 0 Å². The third-order valence-electron chi connectivity index (χ3n) is 6.02. The number of carbonyl (C=O) groups excluding carboxylic acids is 1. The van der Waals surface area contributed by atoms with E-state index in [4.69, 9.17) is 4.42 Å². The summed E-state index contributed by atoms with van der Waals surface area (Å²) in [5.41, 5.74) is 0.779. The average Bonchev–Trinajstić information content (AvgIpc) is 3.22. The first kappa shape index (κ1) is 20.0. The highest BCUT2D eigenvalue weighted by atomic mass is 19.1. The number of likely N-dealkylation sites (N-methyl/N-ethyl adjacent to an activating group) is 1. The number of nitrogens with zero attached hydrogens (tertiary/aromatic N) is 4. The molecule has 7 heteroatoms. The van der Waals surface area contributed by atoms with Crippen LogP contribution in [-0.2, 0) is 11.2 Å². The minimum absolute atomic E-state index is 0.159. The molecule has 6 nitrogen and oxygen atoms in total. The predicted octanol–water partition coefficient (Wildman–Crippen LogP) is 2.65. The molecule has 156 valence electrons. The number of benzene rings is 1. The number of carbonyl (C=O) groups is 1. The zero-order valence-corrected chi connectivity index (χ0v) is 17.0. The van der Waals surface area contributed by atoms with E-state index >= 15 is 0 Å². The molecule has 2 saturated heterocycles. The highest BCUT2D eigenvalue weighted by Crippen LogP contribution is 2.21. The van der Waals surface area contributed by atoms with Crippen molar-refractivity contribution in [2.75, 3.05) is 46.3 Å². The van der Waals surface area contributed by atoms with Crippen LogP contribution in [0.5, 0.6) is 0 Å². The number of likely N-dealkylation sites (tertiary alicyclic amines) is 1. The molecule has 2 aliphatic rings. The topological polar surface area (TPSA) is 52.8 Å². The van der Waals surface area contributed by atoms with Crippen LogP contribution in [0.3, 0.4) is 0 Å². The largest absolute Gasteiger partial charge is 0.441 e. The highest BCUT2D eigenvalue weighted by Gasteiger charge is 2.28. The van der Waals surface area contributed by atoms with Gasteiger partial charge < -0.3 is 14.2 Å². The lowest BCUT2D eigenvalue weighted by atomic mass is 10.0. The van der Waals surface area contributed by atoms with E-state index in [9.17, 15) is 9.18 Å². The summed E-state index contributed by atoms with van der Waals surface area (Å²) >= 11 is 0. The van der Waals surface area contributed by atoms with Gasteiger partial charge in [0.05, 0.1) is 6.20 Å². The molecule has 0 N–H and O–H groups in total. The summed E-state index contributed by atoms with van der Waals surface area (Å²) in [4.78, 5) is 23.8. The van der Waals surface area contributed by atoms with Crippen LogP contribution >= 0.6 is 0 Å². The van der Waals surface area contributed by atoms with Crippen molar-refractivity contribution in [1.82, 2.24) is 19.7 Å². The summed E-state index contributed by atoms with van der Waals surface area (Å²) in [6.45, 7) is 5.83. The second-order valence-corrected chi connectivity index (χ2v) is 8.10.